The Balaban J connectivity index is 2.18. The molecule has 0 saturated heterocycles. The van der Waals surface area contributed by atoms with Crippen molar-refractivity contribution in [3.63, 3.8) is 0 Å². The number of nitrogens with two attached hydrogens (primary N) is 1. The number of primary sulfonamides is 1. The first-order valence-corrected chi connectivity index (χ1v) is 10.7. The molecule has 2 aromatic carbocycles. The molecule has 28 heavy (non-hydrogen) atoms. The second-order valence-electron chi connectivity index (χ2n) is 6.60. The Kier molecular flexibility index (Phi) is 7.56. The molecule has 0 saturated carbocycles. The smallest absolute Gasteiger partial charge is 0.238 e. The fourth-order valence-corrected chi connectivity index (χ4v) is 3.56. The normalized spacial score (nSPS) is 11.5. The van der Waals surface area contributed by atoms with Crippen molar-refractivity contribution in [1.29, 1.82) is 0 Å². The van der Waals surface area contributed by atoms with E-state index in [1.807, 2.05) is 61.0 Å². The Bertz CT molecular complexity index is 897. The molecule has 2 aromatic rings. The van der Waals surface area contributed by atoms with E-state index in [1.54, 1.807) is 6.07 Å². The molecule has 0 bridgehead atoms. The largest absolute Gasteiger partial charge is 0.370 e. The third-order valence-electron chi connectivity index (χ3n) is 4.38. The van der Waals surface area contributed by atoms with Gasteiger partial charge in [-0.15, -0.1) is 0 Å². The topological polar surface area (TPSA) is 95.7 Å². The van der Waals surface area contributed by atoms with Gasteiger partial charge in [0.05, 0.1) is 22.8 Å². The molecule has 8 heteroatoms. The first-order valence-electron chi connectivity index (χ1n) is 9.18. The van der Waals surface area contributed by atoms with Crippen molar-refractivity contribution in [2.45, 2.75) is 25.3 Å². The van der Waals surface area contributed by atoms with Gasteiger partial charge in [0.1, 0.15) is 0 Å². The Hall–Kier alpha value is -2.42. The zero-order chi connectivity index (χ0) is 20.7. The van der Waals surface area contributed by atoms with Gasteiger partial charge in [-0.2, -0.15) is 0 Å². The summed E-state index contributed by atoms with van der Waals surface area (Å²) in [6, 6.07) is 14.4. The molecule has 0 aliphatic heterocycles. The molecule has 2 rings (SSSR count). The minimum atomic E-state index is -3.86. The lowest BCUT2D eigenvalue weighted by molar-refractivity contribution is -0.117. The van der Waals surface area contributed by atoms with E-state index in [2.05, 4.69) is 5.32 Å². The molecule has 0 fully saturated rings. The highest BCUT2D eigenvalue weighted by Gasteiger charge is 2.17. The molecule has 0 spiro atoms. The van der Waals surface area contributed by atoms with Gasteiger partial charge in [-0.25, -0.2) is 13.6 Å². The predicted molar refractivity (Wildman–Crippen MR) is 113 cm³/mol. The van der Waals surface area contributed by atoms with Crippen LogP contribution in [0.25, 0.3) is 0 Å². The van der Waals surface area contributed by atoms with Gasteiger partial charge in [-0.3, -0.25) is 9.69 Å². The van der Waals surface area contributed by atoms with Crippen LogP contribution >= 0.6 is 0 Å². The molecule has 3 N–H and O–H groups in total. The maximum atomic E-state index is 12.6. The standard InChI is InChI=1S/C20H28N4O3S/c1-4-24(5-2)19-12-11-17(28(21,26)27)13-18(19)22-20(25)15-23(3)14-16-9-7-6-8-10-16/h6-13H,4-5,14-15H2,1-3H3,(H,22,25)(H2,21,26,27). The Labute approximate surface area is 167 Å². The summed E-state index contributed by atoms with van der Waals surface area (Å²) in [4.78, 5) is 16.5. The van der Waals surface area contributed by atoms with Crippen LogP contribution in [0.15, 0.2) is 53.4 Å². The Morgan fingerprint density at radius 3 is 2.29 bits per heavy atom. The van der Waals surface area contributed by atoms with Crippen LogP contribution in [0.4, 0.5) is 11.4 Å². The quantitative estimate of drug-likeness (QED) is 0.668. The van der Waals surface area contributed by atoms with Gasteiger partial charge in [0.25, 0.3) is 0 Å². The maximum Gasteiger partial charge on any atom is 0.238 e. The van der Waals surface area contributed by atoms with Crippen LogP contribution in [0.2, 0.25) is 0 Å². The van der Waals surface area contributed by atoms with Crippen LogP contribution in [0.1, 0.15) is 19.4 Å². The van der Waals surface area contributed by atoms with E-state index in [0.29, 0.717) is 12.2 Å². The van der Waals surface area contributed by atoms with Crippen molar-refractivity contribution >= 4 is 27.3 Å². The number of rotatable bonds is 9. The zero-order valence-corrected chi connectivity index (χ0v) is 17.4. The summed E-state index contributed by atoms with van der Waals surface area (Å²) in [6.45, 7) is 6.25. The SMILES string of the molecule is CCN(CC)c1ccc(S(N)(=O)=O)cc1NC(=O)CN(C)Cc1ccccc1. The summed E-state index contributed by atoms with van der Waals surface area (Å²) in [5, 5.41) is 8.10. The molecule has 0 aliphatic rings. The molecule has 1 amide bonds. The van der Waals surface area contributed by atoms with E-state index in [4.69, 9.17) is 5.14 Å². The molecule has 0 radical (unpaired) electrons. The van der Waals surface area contributed by atoms with Crippen LogP contribution in [0, 0.1) is 0 Å². The number of carbonyl (C=O) groups is 1. The number of likely N-dealkylation sites (N-methyl/N-ethyl adjacent to an activating group) is 1. The van der Waals surface area contributed by atoms with Crippen molar-refractivity contribution < 1.29 is 13.2 Å². The van der Waals surface area contributed by atoms with Crippen molar-refractivity contribution in [2.75, 3.05) is 36.9 Å². The maximum absolute atomic E-state index is 12.6. The second kappa shape index (κ2) is 9.68. The Morgan fingerprint density at radius 1 is 1.07 bits per heavy atom. The highest BCUT2D eigenvalue weighted by Crippen LogP contribution is 2.28. The number of amides is 1. The van der Waals surface area contributed by atoms with Gasteiger partial charge in [-0.05, 0) is 44.7 Å². The highest BCUT2D eigenvalue weighted by atomic mass is 32.2. The fraction of sp³-hybridized carbons (Fsp3) is 0.350. The zero-order valence-electron chi connectivity index (χ0n) is 16.6. The predicted octanol–water partition coefficient (Wildman–Crippen LogP) is 2.25. The average molecular weight is 405 g/mol. The van der Waals surface area contributed by atoms with Gasteiger partial charge in [-0.1, -0.05) is 30.3 Å². The average Bonchev–Trinajstić information content (AvgIpc) is 2.63. The second-order valence-corrected chi connectivity index (χ2v) is 8.16. The van der Waals surface area contributed by atoms with Gasteiger partial charge in [0, 0.05) is 19.6 Å². The van der Waals surface area contributed by atoms with Gasteiger partial charge in [0.2, 0.25) is 15.9 Å². The Morgan fingerprint density at radius 2 is 1.71 bits per heavy atom. The number of nitrogens with zero attached hydrogens (tertiary/aromatic N) is 2. The molecule has 0 aromatic heterocycles. The molecular weight excluding hydrogens is 376 g/mol. The van der Waals surface area contributed by atoms with E-state index < -0.39 is 10.0 Å². The minimum absolute atomic E-state index is 0.0312. The van der Waals surface area contributed by atoms with Crippen LogP contribution < -0.4 is 15.4 Å². The van der Waals surface area contributed by atoms with Gasteiger partial charge >= 0.3 is 0 Å². The van der Waals surface area contributed by atoms with Crippen molar-refractivity contribution in [2.24, 2.45) is 5.14 Å². The molecule has 0 heterocycles. The number of benzene rings is 2. The summed E-state index contributed by atoms with van der Waals surface area (Å²) >= 11 is 0. The lowest BCUT2D eigenvalue weighted by Crippen LogP contribution is -2.31. The molecule has 0 unspecified atom stereocenters. The number of carbonyl (C=O) groups excluding carboxylic acids is 1. The third-order valence-corrected chi connectivity index (χ3v) is 5.29. The van der Waals surface area contributed by atoms with Crippen molar-refractivity contribution in [3.8, 4) is 0 Å². The van der Waals surface area contributed by atoms with Gasteiger partial charge in [0.15, 0.2) is 0 Å². The molecule has 7 nitrogen and oxygen atoms in total. The number of nitrogens with one attached hydrogen (secondary N) is 1. The molecule has 152 valence electrons. The highest BCUT2D eigenvalue weighted by molar-refractivity contribution is 7.89. The minimum Gasteiger partial charge on any atom is -0.370 e. The van der Waals surface area contributed by atoms with Crippen LogP contribution in [-0.4, -0.2) is 45.9 Å². The van der Waals surface area contributed by atoms with E-state index in [1.165, 1.54) is 12.1 Å². The lowest BCUT2D eigenvalue weighted by Gasteiger charge is -2.25. The molecule has 0 atom stereocenters. The van der Waals surface area contributed by atoms with E-state index in [9.17, 15) is 13.2 Å². The fourth-order valence-electron chi connectivity index (χ4n) is 3.02. The van der Waals surface area contributed by atoms with Gasteiger partial charge < -0.3 is 10.2 Å². The summed E-state index contributed by atoms with van der Waals surface area (Å²) < 4.78 is 23.4. The summed E-state index contributed by atoms with van der Waals surface area (Å²) in [6.07, 6.45) is 0. The van der Waals surface area contributed by atoms with Crippen LogP contribution in [0.5, 0.6) is 0 Å². The van der Waals surface area contributed by atoms with Crippen LogP contribution in [-0.2, 0) is 21.4 Å². The number of sulfonamides is 1. The first kappa shape index (κ1) is 21.9. The van der Waals surface area contributed by atoms with Crippen molar-refractivity contribution in [3.05, 3.63) is 54.1 Å². The lowest BCUT2D eigenvalue weighted by atomic mass is 10.2. The number of anilines is 2. The summed E-state index contributed by atoms with van der Waals surface area (Å²) in [7, 11) is -2.00. The first-order chi connectivity index (χ1) is 13.2. The molecule has 0 aliphatic carbocycles. The monoisotopic (exact) mass is 404 g/mol. The summed E-state index contributed by atoms with van der Waals surface area (Å²) in [5.74, 6) is -0.224. The van der Waals surface area contributed by atoms with E-state index in [-0.39, 0.29) is 17.3 Å². The number of hydrogen-bond acceptors (Lipinski definition) is 5. The van der Waals surface area contributed by atoms with Crippen LogP contribution in [0.3, 0.4) is 0 Å². The molecular formula is C20H28N4O3S. The number of hydrogen-bond donors (Lipinski definition) is 2. The van der Waals surface area contributed by atoms with E-state index in [0.717, 1.165) is 24.3 Å². The summed E-state index contributed by atoms with van der Waals surface area (Å²) in [5.41, 5.74) is 2.31. The third kappa shape index (κ3) is 6.05. The van der Waals surface area contributed by atoms with Crippen molar-refractivity contribution in [1.82, 2.24) is 4.90 Å². The van der Waals surface area contributed by atoms with E-state index >= 15 is 0 Å².